The maximum Gasteiger partial charge on any atom is 0.418 e. The van der Waals surface area contributed by atoms with Crippen molar-refractivity contribution in [2.24, 2.45) is 5.73 Å². The molecule has 184 valence electrons. The Balaban J connectivity index is 1.96. The van der Waals surface area contributed by atoms with Crippen molar-refractivity contribution in [3.63, 3.8) is 0 Å². The highest BCUT2D eigenvalue weighted by Gasteiger charge is 2.56. The second kappa shape index (κ2) is 9.33. The molecular formula is C26H30F4N2O2. The van der Waals surface area contributed by atoms with Crippen LogP contribution in [0.3, 0.4) is 0 Å². The van der Waals surface area contributed by atoms with Gasteiger partial charge in [-0.05, 0) is 48.6 Å². The van der Waals surface area contributed by atoms with Crippen molar-refractivity contribution < 1.29 is 27.4 Å². The molecule has 2 aromatic rings. The fourth-order valence-electron chi connectivity index (χ4n) is 4.41. The summed E-state index contributed by atoms with van der Waals surface area (Å²) in [6.45, 7) is 8.01. The third-order valence-corrected chi connectivity index (χ3v) is 6.04. The molecule has 0 bridgehead atoms. The average molecular weight is 479 g/mol. The van der Waals surface area contributed by atoms with E-state index in [1.807, 2.05) is 0 Å². The van der Waals surface area contributed by atoms with Crippen LogP contribution < -0.4 is 15.8 Å². The Morgan fingerprint density at radius 3 is 2.59 bits per heavy atom. The van der Waals surface area contributed by atoms with Gasteiger partial charge in [0.2, 0.25) is 0 Å². The Labute approximate surface area is 197 Å². The topological polar surface area (TPSA) is 67.5 Å². The minimum absolute atomic E-state index is 0.304. The molecule has 0 aliphatic carbocycles. The van der Waals surface area contributed by atoms with Crippen LogP contribution in [0.2, 0.25) is 0 Å². The number of allylic oxidation sites excluding steroid dienone is 1. The Morgan fingerprint density at radius 1 is 1.26 bits per heavy atom. The number of nitrogens with two attached hydrogens (primary N) is 1. The van der Waals surface area contributed by atoms with E-state index in [4.69, 9.17) is 10.5 Å². The zero-order valence-corrected chi connectivity index (χ0v) is 19.5. The number of fused-ring (bicyclic) bond motifs is 1. The fraction of sp³-hybridized carbons (Fsp3) is 0.385. The summed E-state index contributed by atoms with van der Waals surface area (Å²) in [5.74, 6) is -0.149. The van der Waals surface area contributed by atoms with Gasteiger partial charge in [-0.15, -0.1) is 0 Å². The number of nitrogens with one attached hydrogen (secondary N) is 1. The number of ether oxygens (including phenoxy) is 1. The average Bonchev–Trinajstić information content (AvgIpc) is 3.19. The largest absolute Gasteiger partial charge is 0.493 e. The Bertz CT molecular complexity index is 1100. The lowest BCUT2D eigenvalue weighted by Crippen LogP contribution is -2.53. The molecule has 2 aromatic carbocycles. The van der Waals surface area contributed by atoms with Crippen molar-refractivity contribution in [3.05, 3.63) is 70.7 Å². The summed E-state index contributed by atoms with van der Waals surface area (Å²) in [6.07, 6.45) is -1.98. The van der Waals surface area contributed by atoms with E-state index in [0.717, 1.165) is 0 Å². The molecule has 8 heteroatoms. The highest BCUT2D eigenvalue weighted by atomic mass is 19.4. The first kappa shape index (κ1) is 25.6. The van der Waals surface area contributed by atoms with Gasteiger partial charge in [0.1, 0.15) is 11.6 Å². The third kappa shape index (κ3) is 5.22. The van der Waals surface area contributed by atoms with Crippen LogP contribution in [0, 0.1) is 5.82 Å². The summed E-state index contributed by atoms with van der Waals surface area (Å²) in [5, 5.41) is 13.7. The first-order valence-corrected chi connectivity index (χ1v) is 11.0. The number of alkyl halides is 3. The van der Waals surface area contributed by atoms with Crippen molar-refractivity contribution >= 4 is 17.8 Å². The summed E-state index contributed by atoms with van der Waals surface area (Å²) in [4.78, 5) is 0. The molecule has 3 rings (SSSR count). The molecule has 0 saturated heterocycles. The van der Waals surface area contributed by atoms with Gasteiger partial charge in [-0.3, -0.25) is 0 Å². The smallest absolute Gasteiger partial charge is 0.418 e. The number of hydrogen-bond donors (Lipinski definition) is 3. The highest BCUT2D eigenvalue weighted by Crippen LogP contribution is 2.46. The van der Waals surface area contributed by atoms with E-state index in [2.05, 4.69) is 11.9 Å². The third-order valence-electron chi connectivity index (χ3n) is 6.04. The summed E-state index contributed by atoms with van der Waals surface area (Å²) in [6, 6.07) is 7.56. The fourth-order valence-corrected chi connectivity index (χ4v) is 4.41. The molecule has 4 nitrogen and oxygen atoms in total. The SMILES string of the molecule is C=Cc1cccc(NCC(O)(CC(C)(C)c2cc(F)cc3c2OCC3)C(F)(F)F)c1/C=C(/C)N. The van der Waals surface area contributed by atoms with E-state index < -0.39 is 36.0 Å². The molecule has 1 unspecified atom stereocenters. The minimum atomic E-state index is -4.95. The summed E-state index contributed by atoms with van der Waals surface area (Å²) < 4.78 is 62.5. The van der Waals surface area contributed by atoms with Crippen molar-refractivity contribution in [2.45, 2.75) is 50.8 Å². The zero-order chi connectivity index (χ0) is 25.3. The van der Waals surface area contributed by atoms with Crippen LogP contribution in [-0.4, -0.2) is 30.0 Å². The van der Waals surface area contributed by atoms with Crippen molar-refractivity contribution in [2.75, 3.05) is 18.5 Å². The highest BCUT2D eigenvalue weighted by molar-refractivity contribution is 5.76. The van der Waals surface area contributed by atoms with E-state index in [1.54, 1.807) is 51.1 Å². The quantitative estimate of drug-likeness (QED) is 0.420. The molecule has 4 N–H and O–H groups in total. The van der Waals surface area contributed by atoms with Crippen molar-refractivity contribution in [3.8, 4) is 5.75 Å². The number of aliphatic hydroxyl groups is 1. The predicted octanol–water partition coefficient (Wildman–Crippen LogP) is 5.80. The minimum Gasteiger partial charge on any atom is -0.493 e. The first-order chi connectivity index (χ1) is 15.8. The number of rotatable bonds is 8. The summed E-state index contributed by atoms with van der Waals surface area (Å²) in [5.41, 5.74) is 4.44. The number of benzene rings is 2. The maximum absolute atomic E-state index is 14.2. The van der Waals surface area contributed by atoms with Crippen LogP contribution in [0.1, 0.15) is 49.4 Å². The summed E-state index contributed by atoms with van der Waals surface area (Å²) in [7, 11) is 0. The Kier molecular flexibility index (Phi) is 7.03. The van der Waals surface area contributed by atoms with Crippen LogP contribution in [0.4, 0.5) is 23.2 Å². The molecule has 0 fully saturated rings. The second-order valence-electron chi connectivity index (χ2n) is 9.38. The molecule has 0 saturated carbocycles. The Hall–Kier alpha value is -3.00. The van der Waals surface area contributed by atoms with Gasteiger partial charge in [0.05, 0.1) is 13.2 Å². The van der Waals surface area contributed by atoms with Gasteiger partial charge >= 0.3 is 6.18 Å². The molecule has 0 spiro atoms. The first-order valence-electron chi connectivity index (χ1n) is 11.0. The predicted molar refractivity (Wildman–Crippen MR) is 127 cm³/mol. The van der Waals surface area contributed by atoms with Gasteiger partial charge in [0.15, 0.2) is 5.60 Å². The molecule has 0 radical (unpaired) electrons. The molecule has 1 aliphatic heterocycles. The molecule has 34 heavy (non-hydrogen) atoms. The molecular weight excluding hydrogens is 448 g/mol. The van der Waals surface area contributed by atoms with Gasteiger partial charge in [-0.25, -0.2) is 4.39 Å². The van der Waals surface area contributed by atoms with Crippen LogP contribution in [0.15, 0.2) is 42.6 Å². The van der Waals surface area contributed by atoms with E-state index in [-0.39, 0.29) is 0 Å². The zero-order valence-electron chi connectivity index (χ0n) is 19.5. The lowest BCUT2D eigenvalue weighted by atomic mass is 9.74. The van der Waals surface area contributed by atoms with Crippen LogP contribution in [0.25, 0.3) is 12.2 Å². The van der Waals surface area contributed by atoms with Crippen LogP contribution in [0.5, 0.6) is 5.75 Å². The number of hydrogen-bond acceptors (Lipinski definition) is 4. The molecule has 1 aliphatic rings. The van der Waals surface area contributed by atoms with Crippen molar-refractivity contribution in [1.29, 1.82) is 0 Å². The van der Waals surface area contributed by atoms with E-state index in [1.165, 1.54) is 12.1 Å². The maximum atomic E-state index is 14.2. The summed E-state index contributed by atoms with van der Waals surface area (Å²) >= 11 is 0. The number of anilines is 1. The Morgan fingerprint density at radius 2 is 1.97 bits per heavy atom. The lowest BCUT2D eigenvalue weighted by molar-refractivity contribution is -0.260. The van der Waals surface area contributed by atoms with E-state index >= 15 is 0 Å². The normalized spacial score (nSPS) is 15.9. The standard InChI is InChI=1S/C26H30F4N2O2/c1-5-17-7-6-8-22(20(17)11-16(2)31)32-15-25(33,26(28,29)30)14-24(3,4)21-13-19(27)12-18-9-10-34-23(18)21/h5-8,11-13,32-33H,1,9-10,14-15,31H2,2-4H3/b16-11-. The van der Waals surface area contributed by atoms with Gasteiger partial charge in [0.25, 0.3) is 0 Å². The van der Waals surface area contributed by atoms with Gasteiger partial charge in [-0.2, -0.15) is 13.2 Å². The van der Waals surface area contributed by atoms with Gasteiger partial charge in [0, 0.05) is 34.5 Å². The van der Waals surface area contributed by atoms with Gasteiger partial charge in [-0.1, -0.05) is 38.6 Å². The second-order valence-corrected chi connectivity index (χ2v) is 9.38. The van der Waals surface area contributed by atoms with Crippen LogP contribution in [-0.2, 0) is 11.8 Å². The monoisotopic (exact) mass is 478 g/mol. The molecule has 1 heterocycles. The van der Waals surface area contributed by atoms with E-state index in [0.29, 0.717) is 52.4 Å². The molecule has 0 aromatic heterocycles. The van der Waals surface area contributed by atoms with Crippen molar-refractivity contribution in [1.82, 2.24) is 0 Å². The lowest BCUT2D eigenvalue weighted by Gasteiger charge is -2.38. The van der Waals surface area contributed by atoms with Gasteiger partial charge < -0.3 is 20.9 Å². The molecule has 0 amide bonds. The molecule has 1 atom stereocenters. The van der Waals surface area contributed by atoms with E-state index in [9.17, 15) is 22.7 Å². The van der Waals surface area contributed by atoms with Crippen LogP contribution >= 0.6 is 0 Å². The number of halogens is 4.